The fourth-order valence-electron chi connectivity index (χ4n) is 2.08. The number of rotatable bonds is 3. The van der Waals surface area contributed by atoms with Crippen LogP contribution in [0.5, 0.6) is 0 Å². The second-order valence-corrected chi connectivity index (χ2v) is 8.42. The number of benzene rings is 1. The summed E-state index contributed by atoms with van der Waals surface area (Å²) in [4.78, 5) is 4.41. The van der Waals surface area contributed by atoms with E-state index in [1.165, 1.54) is 4.88 Å². The van der Waals surface area contributed by atoms with Gasteiger partial charge in [-0.25, -0.2) is 4.39 Å². The second-order valence-electron chi connectivity index (χ2n) is 4.32. The first-order valence-electron chi connectivity index (χ1n) is 5.86. The van der Waals surface area contributed by atoms with Gasteiger partial charge in [0.25, 0.3) is 0 Å². The van der Waals surface area contributed by atoms with Crippen molar-refractivity contribution >= 4 is 73.1 Å². The van der Waals surface area contributed by atoms with Gasteiger partial charge in [-0.1, -0.05) is 0 Å². The Balaban J connectivity index is 1.96. The number of thiophene rings is 1. The topological polar surface area (TPSA) is 20.7 Å². The van der Waals surface area contributed by atoms with Crippen molar-refractivity contribution < 1.29 is 4.39 Å². The number of aryl methyl sites for hydroxylation is 2. The lowest BCUT2D eigenvalue weighted by Gasteiger charge is -2.04. The van der Waals surface area contributed by atoms with Gasteiger partial charge in [-0.15, -0.1) is 11.3 Å². The maximum absolute atomic E-state index is 13.7. The van der Waals surface area contributed by atoms with Crippen LogP contribution in [0.4, 0.5) is 4.39 Å². The third-order valence-corrected chi connectivity index (χ3v) is 5.86. The standard InChI is InChI=1S/C13H9BrFIN2S2/c14-12-2-1-7(20-12)3-4-18-11-5-8(15)9(16)6-10(11)17-13(18)19/h1-2,5-6H,3-4H2,(H,17,19). The summed E-state index contributed by atoms with van der Waals surface area (Å²) in [6.07, 6.45) is 0.880. The fourth-order valence-corrected chi connectivity index (χ4v) is 4.32. The van der Waals surface area contributed by atoms with E-state index in [4.69, 9.17) is 12.2 Å². The van der Waals surface area contributed by atoms with Gasteiger partial charge in [-0.2, -0.15) is 0 Å². The minimum atomic E-state index is -0.209. The molecule has 0 saturated carbocycles. The van der Waals surface area contributed by atoms with E-state index in [1.54, 1.807) is 23.5 Å². The predicted octanol–water partition coefficient (Wildman–Crippen LogP) is 5.51. The maximum atomic E-state index is 13.7. The van der Waals surface area contributed by atoms with Crippen molar-refractivity contribution in [2.24, 2.45) is 0 Å². The Kier molecular flexibility index (Phi) is 4.30. The highest BCUT2D eigenvalue weighted by molar-refractivity contribution is 14.1. The number of hydrogen-bond donors (Lipinski definition) is 1. The number of aromatic nitrogens is 2. The molecule has 0 atom stereocenters. The molecule has 20 heavy (non-hydrogen) atoms. The molecule has 7 heteroatoms. The Bertz CT molecular complexity index is 837. The van der Waals surface area contributed by atoms with Gasteiger partial charge < -0.3 is 9.55 Å². The van der Waals surface area contributed by atoms with Crippen LogP contribution in [0.25, 0.3) is 11.0 Å². The van der Waals surface area contributed by atoms with E-state index in [1.807, 2.05) is 33.2 Å². The van der Waals surface area contributed by atoms with Gasteiger partial charge >= 0.3 is 0 Å². The number of imidazole rings is 1. The van der Waals surface area contributed by atoms with Crippen molar-refractivity contribution in [1.82, 2.24) is 9.55 Å². The summed E-state index contributed by atoms with van der Waals surface area (Å²) in [5.41, 5.74) is 1.71. The Labute approximate surface area is 146 Å². The lowest BCUT2D eigenvalue weighted by atomic mass is 10.3. The van der Waals surface area contributed by atoms with Crippen molar-refractivity contribution in [3.63, 3.8) is 0 Å². The van der Waals surface area contributed by atoms with E-state index in [2.05, 4.69) is 27.0 Å². The smallest absolute Gasteiger partial charge is 0.178 e. The van der Waals surface area contributed by atoms with E-state index >= 15 is 0 Å². The number of nitrogens with zero attached hydrogens (tertiary/aromatic N) is 1. The van der Waals surface area contributed by atoms with Crippen molar-refractivity contribution in [2.75, 3.05) is 0 Å². The average molecular weight is 483 g/mol. The zero-order valence-corrected chi connectivity index (χ0v) is 15.5. The molecule has 0 aliphatic rings. The van der Waals surface area contributed by atoms with Gasteiger partial charge in [0.2, 0.25) is 0 Å². The second kappa shape index (κ2) is 5.86. The highest BCUT2D eigenvalue weighted by atomic mass is 127. The van der Waals surface area contributed by atoms with Crippen LogP contribution >= 0.6 is 62.1 Å². The van der Waals surface area contributed by atoms with Crippen LogP contribution < -0.4 is 0 Å². The molecule has 2 heterocycles. The van der Waals surface area contributed by atoms with Gasteiger partial charge in [-0.05, 0) is 75.4 Å². The van der Waals surface area contributed by atoms with Gasteiger partial charge in [-0.3, -0.25) is 0 Å². The molecule has 0 aliphatic heterocycles. The highest BCUT2D eigenvalue weighted by Crippen LogP contribution is 2.24. The molecule has 0 saturated heterocycles. The summed E-state index contributed by atoms with van der Waals surface area (Å²) < 4.78 is 18.0. The molecule has 1 aromatic carbocycles. The number of H-pyrrole nitrogens is 1. The minimum absolute atomic E-state index is 0.209. The Hall–Kier alpha value is -0.250. The van der Waals surface area contributed by atoms with Crippen LogP contribution in [0.2, 0.25) is 0 Å². The first-order valence-corrected chi connectivity index (χ1v) is 8.96. The van der Waals surface area contributed by atoms with E-state index in [-0.39, 0.29) is 5.82 Å². The molecule has 0 bridgehead atoms. The molecular formula is C13H9BrFIN2S2. The summed E-state index contributed by atoms with van der Waals surface area (Å²) in [7, 11) is 0. The molecule has 3 rings (SSSR count). The fraction of sp³-hybridized carbons (Fsp3) is 0.154. The summed E-state index contributed by atoms with van der Waals surface area (Å²) in [6, 6.07) is 7.47. The predicted molar refractivity (Wildman–Crippen MR) is 95.5 cm³/mol. The minimum Gasteiger partial charge on any atom is -0.331 e. The van der Waals surface area contributed by atoms with Crippen LogP contribution in [0.3, 0.4) is 0 Å². The third-order valence-electron chi connectivity index (χ3n) is 3.03. The summed E-state index contributed by atoms with van der Waals surface area (Å²) in [5.74, 6) is -0.209. The van der Waals surface area contributed by atoms with Crippen molar-refractivity contribution in [2.45, 2.75) is 13.0 Å². The Morgan fingerprint density at radius 3 is 2.90 bits per heavy atom. The molecule has 0 amide bonds. The lowest BCUT2D eigenvalue weighted by molar-refractivity contribution is 0.620. The van der Waals surface area contributed by atoms with Crippen LogP contribution in [-0.4, -0.2) is 9.55 Å². The van der Waals surface area contributed by atoms with Gasteiger partial charge in [0.1, 0.15) is 5.82 Å². The van der Waals surface area contributed by atoms with E-state index in [9.17, 15) is 4.39 Å². The maximum Gasteiger partial charge on any atom is 0.178 e. The number of fused-ring (bicyclic) bond motifs is 1. The first kappa shape index (κ1) is 14.7. The monoisotopic (exact) mass is 482 g/mol. The van der Waals surface area contributed by atoms with Crippen LogP contribution in [0.1, 0.15) is 4.88 Å². The molecule has 0 radical (unpaired) electrons. The molecule has 2 aromatic heterocycles. The Morgan fingerprint density at radius 1 is 1.40 bits per heavy atom. The summed E-state index contributed by atoms with van der Waals surface area (Å²) in [5, 5.41) is 0. The van der Waals surface area contributed by atoms with Crippen molar-refractivity contribution in [3.05, 3.63) is 47.1 Å². The van der Waals surface area contributed by atoms with Crippen LogP contribution in [-0.2, 0) is 13.0 Å². The van der Waals surface area contributed by atoms with Crippen molar-refractivity contribution in [3.8, 4) is 0 Å². The third kappa shape index (κ3) is 2.86. The average Bonchev–Trinajstić information content (AvgIpc) is 2.92. The number of hydrogen-bond acceptors (Lipinski definition) is 2. The van der Waals surface area contributed by atoms with Gasteiger partial charge in [0.15, 0.2) is 4.77 Å². The number of halogens is 3. The normalized spacial score (nSPS) is 11.3. The molecule has 0 unspecified atom stereocenters. The largest absolute Gasteiger partial charge is 0.331 e. The zero-order valence-electron chi connectivity index (χ0n) is 10.1. The number of nitrogens with one attached hydrogen (secondary N) is 1. The molecule has 3 aromatic rings. The molecule has 0 aliphatic carbocycles. The number of aromatic amines is 1. The van der Waals surface area contributed by atoms with E-state index < -0.39 is 0 Å². The highest BCUT2D eigenvalue weighted by Gasteiger charge is 2.09. The molecule has 104 valence electrons. The SMILES string of the molecule is Fc1cc2c(cc1I)[nH]c(=S)n2CCc1ccc(Br)s1. The molecule has 1 N–H and O–H groups in total. The van der Waals surface area contributed by atoms with E-state index in [0.29, 0.717) is 8.34 Å². The van der Waals surface area contributed by atoms with Gasteiger partial charge in [0.05, 0.1) is 18.4 Å². The van der Waals surface area contributed by atoms with Gasteiger partial charge in [0, 0.05) is 17.5 Å². The Morgan fingerprint density at radius 2 is 2.20 bits per heavy atom. The lowest BCUT2D eigenvalue weighted by Crippen LogP contribution is -2.00. The summed E-state index contributed by atoms with van der Waals surface area (Å²) in [6.45, 7) is 0.742. The summed E-state index contributed by atoms with van der Waals surface area (Å²) >= 11 is 12.5. The molecular weight excluding hydrogens is 474 g/mol. The first-order chi connectivity index (χ1) is 9.54. The van der Waals surface area contributed by atoms with Crippen molar-refractivity contribution in [1.29, 1.82) is 0 Å². The van der Waals surface area contributed by atoms with E-state index in [0.717, 1.165) is 27.8 Å². The zero-order chi connectivity index (χ0) is 14.3. The molecule has 0 fully saturated rings. The molecule has 2 nitrogen and oxygen atoms in total. The quantitative estimate of drug-likeness (QED) is 0.385. The molecule has 0 spiro atoms. The van der Waals surface area contributed by atoms with Crippen LogP contribution in [0.15, 0.2) is 28.1 Å². The van der Waals surface area contributed by atoms with Crippen LogP contribution in [0, 0.1) is 14.2 Å².